The Labute approximate surface area is 123 Å². The first-order chi connectivity index (χ1) is 9.74. The fourth-order valence-corrected chi connectivity index (χ4v) is 3.14. The van der Waals surface area contributed by atoms with E-state index in [0.29, 0.717) is 6.61 Å². The lowest BCUT2D eigenvalue weighted by Gasteiger charge is -2.30. The van der Waals surface area contributed by atoms with Crippen molar-refractivity contribution in [3.05, 3.63) is 29.8 Å². The molecule has 1 saturated carbocycles. The van der Waals surface area contributed by atoms with Gasteiger partial charge in [-0.1, -0.05) is 31.9 Å². The number of nitrogens with zero attached hydrogens (tertiary/aromatic N) is 1. The third-order valence-corrected chi connectivity index (χ3v) is 4.30. The summed E-state index contributed by atoms with van der Waals surface area (Å²) in [4.78, 5) is 2.55. The first-order valence-electron chi connectivity index (χ1n) is 7.97. The van der Waals surface area contributed by atoms with Crippen LogP contribution in [0.2, 0.25) is 0 Å². The minimum Gasteiger partial charge on any atom is -0.494 e. The van der Waals surface area contributed by atoms with Crippen LogP contribution in [-0.4, -0.2) is 30.6 Å². The Morgan fingerprint density at radius 1 is 1.20 bits per heavy atom. The summed E-state index contributed by atoms with van der Waals surface area (Å²) in [6.45, 7) is 6.99. The van der Waals surface area contributed by atoms with Gasteiger partial charge in [0.2, 0.25) is 0 Å². The largest absolute Gasteiger partial charge is 0.494 e. The fraction of sp³-hybridized carbons (Fsp3) is 0.647. The summed E-state index contributed by atoms with van der Waals surface area (Å²) in [5.41, 5.74) is 7.58. The van der Waals surface area contributed by atoms with Gasteiger partial charge in [-0.25, -0.2) is 0 Å². The molecule has 3 nitrogen and oxygen atoms in total. The quantitative estimate of drug-likeness (QED) is 0.830. The lowest BCUT2D eigenvalue weighted by atomic mass is 10.1. The topological polar surface area (TPSA) is 38.5 Å². The van der Waals surface area contributed by atoms with Crippen LogP contribution < -0.4 is 10.5 Å². The van der Waals surface area contributed by atoms with Gasteiger partial charge in [-0.05, 0) is 44.0 Å². The third-order valence-electron chi connectivity index (χ3n) is 4.30. The van der Waals surface area contributed by atoms with E-state index >= 15 is 0 Å². The molecule has 2 rings (SSSR count). The number of nitrogens with two attached hydrogens (primary N) is 1. The van der Waals surface area contributed by atoms with E-state index in [1.165, 1.54) is 31.2 Å². The molecule has 2 N–H and O–H groups in total. The van der Waals surface area contributed by atoms with Crippen molar-refractivity contribution in [3.63, 3.8) is 0 Å². The van der Waals surface area contributed by atoms with Crippen LogP contribution in [0.5, 0.6) is 5.75 Å². The SMILES string of the molecule is CCOc1ccc(C(N)CN(CC)C2CCCC2)cc1. The van der Waals surface area contributed by atoms with E-state index in [-0.39, 0.29) is 6.04 Å². The van der Waals surface area contributed by atoms with Crippen molar-refractivity contribution in [2.45, 2.75) is 51.6 Å². The van der Waals surface area contributed by atoms with Gasteiger partial charge in [0.05, 0.1) is 6.61 Å². The molecule has 1 atom stereocenters. The molecule has 1 unspecified atom stereocenters. The maximum absolute atomic E-state index is 6.38. The molecule has 0 aliphatic heterocycles. The van der Waals surface area contributed by atoms with Crippen molar-refractivity contribution in [1.82, 2.24) is 4.90 Å². The summed E-state index contributed by atoms with van der Waals surface area (Å²) in [5.74, 6) is 0.923. The van der Waals surface area contributed by atoms with E-state index < -0.39 is 0 Å². The molecular weight excluding hydrogens is 248 g/mol. The van der Waals surface area contributed by atoms with Crippen LogP contribution in [0.25, 0.3) is 0 Å². The summed E-state index contributed by atoms with van der Waals surface area (Å²) < 4.78 is 5.47. The Hall–Kier alpha value is -1.06. The number of hydrogen-bond donors (Lipinski definition) is 1. The van der Waals surface area contributed by atoms with Crippen LogP contribution in [0.15, 0.2) is 24.3 Å². The fourth-order valence-electron chi connectivity index (χ4n) is 3.14. The molecule has 20 heavy (non-hydrogen) atoms. The minimum absolute atomic E-state index is 0.0891. The van der Waals surface area contributed by atoms with Crippen LogP contribution in [0.4, 0.5) is 0 Å². The lowest BCUT2D eigenvalue weighted by Crippen LogP contribution is -2.38. The van der Waals surface area contributed by atoms with E-state index in [4.69, 9.17) is 10.5 Å². The van der Waals surface area contributed by atoms with Crippen molar-refractivity contribution < 1.29 is 4.74 Å². The molecule has 0 spiro atoms. The molecule has 1 aromatic rings. The lowest BCUT2D eigenvalue weighted by molar-refractivity contribution is 0.197. The molecule has 1 aromatic carbocycles. The smallest absolute Gasteiger partial charge is 0.119 e. The van der Waals surface area contributed by atoms with Gasteiger partial charge in [-0.15, -0.1) is 0 Å². The maximum atomic E-state index is 6.38. The standard InChI is InChI=1S/C17H28N2O/c1-3-19(15-7-5-6-8-15)13-17(18)14-9-11-16(12-10-14)20-4-2/h9-12,15,17H,3-8,13,18H2,1-2H3. The zero-order valence-electron chi connectivity index (χ0n) is 12.8. The second kappa shape index (κ2) is 7.65. The highest BCUT2D eigenvalue weighted by Gasteiger charge is 2.23. The molecule has 0 aromatic heterocycles. The molecule has 112 valence electrons. The highest BCUT2D eigenvalue weighted by atomic mass is 16.5. The Bertz CT molecular complexity index is 384. The molecule has 3 heteroatoms. The molecule has 0 heterocycles. The van der Waals surface area contributed by atoms with Gasteiger partial charge < -0.3 is 10.5 Å². The van der Waals surface area contributed by atoms with E-state index in [1.807, 2.05) is 19.1 Å². The Morgan fingerprint density at radius 3 is 2.40 bits per heavy atom. The van der Waals surface area contributed by atoms with E-state index in [1.54, 1.807) is 0 Å². The van der Waals surface area contributed by atoms with Gasteiger partial charge in [0.15, 0.2) is 0 Å². The molecule has 1 aliphatic rings. The number of rotatable bonds is 7. The Kier molecular flexibility index (Phi) is 5.86. The maximum Gasteiger partial charge on any atom is 0.119 e. The van der Waals surface area contributed by atoms with Crippen LogP contribution in [-0.2, 0) is 0 Å². The summed E-state index contributed by atoms with van der Waals surface area (Å²) in [6, 6.07) is 9.06. The van der Waals surface area contributed by atoms with Gasteiger partial charge in [-0.2, -0.15) is 0 Å². The average molecular weight is 276 g/mol. The second-order valence-electron chi connectivity index (χ2n) is 5.63. The van der Waals surface area contributed by atoms with E-state index in [0.717, 1.165) is 24.9 Å². The van der Waals surface area contributed by atoms with Crippen molar-refractivity contribution in [3.8, 4) is 5.75 Å². The predicted molar refractivity (Wildman–Crippen MR) is 84.0 cm³/mol. The molecule has 1 fully saturated rings. The van der Waals surface area contributed by atoms with Crippen molar-refractivity contribution in [1.29, 1.82) is 0 Å². The zero-order valence-corrected chi connectivity index (χ0v) is 12.8. The van der Waals surface area contributed by atoms with Crippen LogP contribution in [0.3, 0.4) is 0 Å². The van der Waals surface area contributed by atoms with E-state index in [9.17, 15) is 0 Å². The van der Waals surface area contributed by atoms with Gasteiger partial charge in [0.25, 0.3) is 0 Å². The van der Waals surface area contributed by atoms with Gasteiger partial charge in [-0.3, -0.25) is 4.90 Å². The third kappa shape index (κ3) is 3.97. The Balaban J connectivity index is 1.93. The minimum atomic E-state index is 0.0891. The predicted octanol–water partition coefficient (Wildman–Crippen LogP) is 3.35. The van der Waals surface area contributed by atoms with Gasteiger partial charge in [0, 0.05) is 18.6 Å². The first-order valence-corrected chi connectivity index (χ1v) is 7.97. The first kappa shape index (κ1) is 15.3. The zero-order chi connectivity index (χ0) is 14.4. The van der Waals surface area contributed by atoms with Gasteiger partial charge >= 0.3 is 0 Å². The van der Waals surface area contributed by atoms with E-state index in [2.05, 4.69) is 24.0 Å². The average Bonchev–Trinajstić information content (AvgIpc) is 2.99. The summed E-state index contributed by atoms with van der Waals surface area (Å²) in [6.07, 6.45) is 5.42. The normalized spacial score (nSPS) is 17.6. The highest BCUT2D eigenvalue weighted by molar-refractivity contribution is 5.29. The summed E-state index contributed by atoms with van der Waals surface area (Å²) in [5, 5.41) is 0. The molecule has 1 aliphatic carbocycles. The van der Waals surface area contributed by atoms with Crippen LogP contribution >= 0.6 is 0 Å². The molecular formula is C17H28N2O. The molecule has 0 bridgehead atoms. The second-order valence-corrected chi connectivity index (χ2v) is 5.63. The summed E-state index contributed by atoms with van der Waals surface area (Å²) >= 11 is 0. The number of benzene rings is 1. The molecule has 0 saturated heterocycles. The van der Waals surface area contributed by atoms with Crippen molar-refractivity contribution >= 4 is 0 Å². The number of hydrogen-bond acceptors (Lipinski definition) is 3. The van der Waals surface area contributed by atoms with Crippen LogP contribution in [0, 0.1) is 0 Å². The van der Waals surface area contributed by atoms with Crippen LogP contribution in [0.1, 0.15) is 51.1 Å². The monoisotopic (exact) mass is 276 g/mol. The van der Waals surface area contributed by atoms with Gasteiger partial charge in [0.1, 0.15) is 5.75 Å². The Morgan fingerprint density at radius 2 is 1.85 bits per heavy atom. The summed E-state index contributed by atoms with van der Waals surface area (Å²) in [7, 11) is 0. The number of ether oxygens (including phenoxy) is 1. The van der Waals surface area contributed by atoms with Crippen molar-refractivity contribution in [2.24, 2.45) is 5.73 Å². The van der Waals surface area contributed by atoms with Crippen molar-refractivity contribution in [2.75, 3.05) is 19.7 Å². The molecule has 0 radical (unpaired) electrons. The highest BCUT2D eigenvalue weighted by Crippen LogP contribution is 2.25. The number of likely N-dealkylation sites (N-methyl/N-ethyl adjacent to an activating group) is 1. The molecule has 0 amide bonds.